The highest BCUT2D eigenvalue weighted by Gasteiger charge is 2.30. The third kappa shape index (κ3) is 4.12. The third-order valence-electron chi connectivity index (χ3n) is 1.62. The van der Waals surface area contributed by atoms with E-state index in [1.807, 2.05) is 0 Å². The summed E-state index contributed by atoms with van der Waals surface area (Å²) in [5, 5.41) is 36.2. The molecule has 6 nitrogen and oxygen atoms in total. The van der Waals surface area contributed by atoms with Gasteiger partial charge in [-0.15, -0.1) is 0 Å². The number of carbonyl (C=O) groups excluding carboxylic acids is 1. The molecule has 0 aromatic rings. The van der Waals surface area contributed by atoms with Crippen LogP contribution in [0, 0.1) is 0 Å². The Morgan fingerprint density at radius 2 is 1.79 bits per heavy atom. The normalized spacial score (nSPS) is 19.8. The van der Waals surface area contributed by atoms with Crippen molar-refractivity contribution in [3.63, 3.8) is 0 Å². The van der Waals surface area contributed by atoms with E-state index in [2.05, 4.69) is 4.74 Å². The third-order valence-corrected chi connectivity index (χ3v) is 1.62. The highest BCUT2D eigenvalue weighted by Crippen LogP contribution is 2.05. The Balaban J connectivity index is 4.02. The van der Waals surface area contributed by atoms with Gasteiger partial charge in [0.2, 0.25) is 0 Å². The van der Waals surface area contributed by atoms with Crippen LogP contribution in [-0.4, -0.2) is 57.9 Å². The van der Waals surface area contributed by atoms with E-state index in [9.17, 15) is 9.90 Å². The SMILES string of the molecule is CCCOC(O)[C@@H](O)[C@@H](O)[C@H](O)C=O. The number of aliphatic hydroxyl groups excluding tert-OH is 4. The highest BCUT2D eigenvalue weighted by molar-refractivity contribution is 5.56. The van der Waals surface area contributed by atoms with Crippen LogP contribution in [0.25, 0.3) is 0 Å². The Kier molecular flexibility index (Phi) is 6.60. The van der Waals surface area contributed by atoms with Crippen molar-refractivity contribution < 1.29 is 30.0 Å². The van der Waals surface area contributed by atoms with Gasteiger partial charge >= 0.3 is 0 Å². The van der Waals surface area contributed by atoms with Crippen LogP contribution in [-0.2, 0) is 9.53 Å². The first-order chi connectivity index (χ1) is 6.54. The molecule has 0 fully saturated rings. The van der Waals surface area contributed by atoms with Gasteiger partial charge in [0.05, 0.1) is 0 Å². The maximum absolute atomic E-state index is 10.0. The molecule has 0 aliphatic heterocycles. The maximum Gasteiger partial charge on any atom is 0.183 e. The predicted octanol–water partition coefficient (Wildman–Crippen LogP) is -1.99. The minimum Gasteiger partial charge on any atom is -0.387 e. The zero-order chi connectivity index (χ0) is 11.1. The number of hydrogen-bond acceptors (Lipinski definition) is 6. The van der Waals surface area contributed by atoms with Crippen molar-refractivity contribution in [3.8, 4) is 0 Å². The lowest BCUT2D eigenvalue weighted by Crippen LogP contribution is -2.46. The number of rotatable bonds is 7. The van der Waals surface area contributed by atoms with E-state index >= 15 is 0 Å². The van der Waals surface area contributed by atoms with E-state index in [1.165, 1.54) is 0 Å². The summed E-state index contributed by atoms with van der Waals surface area (Å²) in [6, 6.07) is 0. The van der Waals surface area contributed by atoms with Crippen LogP contribution in [0.1, 0.15) is 13.3 Å². The predicted molar refractivity (Wildman–Crippen MR) is 46.3 cm³/mol. The molecule has 0 aromatic carbocycles. The lowest BCUT2D eigenvalue weighted by atomic mass is 10.1. The lowest BCUT2D eigenvalue weighted by Gasteiger charge is -2.23. The van der Waals surface area contributed by atoms with Gasteiger partial charge in [-0.3, -0.25) is 0 Å². The van der Waals surface area contributed by atoms with Gasteiger partial charge in [0.25, 0.3) is 0 Å². The molecule has 0 amide bonds. The Morgan fingerprint density at radius 3 is 2.21 bits per heavy atom. The second kappa shape index (κ2) is 6.86. The standard InChI is InChI=1S/C8H16O6/c1-2-3-14-8(13)7(12)6(11)5(10)4-9/h4-8,10-13H,2-3H2,1H3/t5-,6+,7+,8?/m1/s1. The van der Waals surface area contributed by atoms with E-state index in [-0.39, 0.29) is 12.9 Å². The molecular weight excluding hydrogens is 192 g/mol. The van der Waals surface area contributed by atoms with Crippen molar-refractivity contribution in [1.82, 2.24) is 0 Å². The van der Waals surface area contributed by atoms with Gasteiger partial charge in [0.15, 0.2) is 12.6 Å². The smallest absolute Gasteiger partial charge is 0.183 e. The molecule has 4 atom stereocenters. The molecule has 4 N–H and O–H groups in total. The second-order valence-electron chi connectivity index (χ2n) is 2.87. The van der Waals surface area contributed by atoms with E-state index < -0.39 is 24.6 Å². The lowest BCUT2D eigenvalue weighted by molar-refractivity contribution is -0.200. The zero-order valence-corrected chi connectivity index (χ0v) is 7.91. The minimum atomic E-state index is -1.75. The van der Waals surface area contributed by atoms with Crippen LogP contribution in [0.2, 0.25) is 0 Å². The fourth-order valence-corrected chi connectivity index (χ4v) is 0.788. The molecular formula is C8H16O6. The van der Waals surface area contributed by atoms with Gasteiger partial charge in [-0.25, -0.2) is 0 Å². The van der Waals surface area contributed by atoms with E-state index in [1.54, 1.807) is 6.92 Å². The van der Waals surface area contributed by atoms with Crippen molar-refractivity contribution in [2.24, 2.45) is 0 Å². The zero-order valence-electron chi connectivity index (χ0n) is 7.91. The molecule has 84 valence electrons. The average molecular weight is 208 g/mol. The van der Waals surface area contributed by atoms with E-state index in [0.717, 1.165) is 0 Å². The molecule has 1 unspecified atom stereocenters. The van der Waals surface area contributed by atoms with Gasteiger partial charge in [-0.2, -0.15) is 0 Å². The van der Waals surface area contributed by atoms with Crippen LogP contribution in [0.3, 0.4) is 0 Å². The van der Waals surface area contributed by atoms with Gasteiger partial charge in [0.1, 0.15) is 18.3 Å². The van der Waals surface area contributed by atoms with Crippen LogP contribution >= 0.6 is 0 Å². The van der Waals surface area contributed by atoms with Gasteiger partial charge in [-0.05, 0) is 6.42 Å². The molecule has 0 heterocycles. The van der Waals surface area contributed by atoms with Crippen LogP contribution in [0.15, 0.2) is 0 Å². The first-order valence-corrected chi connectivity index (χ1v) is 4.33. The monoisotopic (exact) mass is 208 g/mol. The highest BCUT2D eigenvalue weighted by atomic mass is 16.6. The van der Waals surface area contributed by atoms with Gasteiger partial charge in [-0.1, -0.05) is 6.92 Å². The Labute approximate surface area is 81.7 Å². The quantitative estimate of drug-likeness (QED) is 0.285. The summed E-state index contributed by atoms with van der Waals surface area (Å²) in [4.78, 5) is 10.0. The van der Waals surface area contributed by atoms with Crippen molar-refractivity contribution in [2.45, 2.75) is 37.9 Å². The average Bonchev–Trinajstić information content (AvgIpc) is 2.22. The summed E-state index contributed by atoms with van der Waals surface area (Å²) in [5.41, 5.74) is 0. The number of aliphatic hydroxyl groups is 4. The molecule has 0 bridgehead atoms. The summed E-state index contributed by atoms with van der Waals surface area (Å²) in [5.74, 6) is 0. The first-order valence-electron chi connectivity index (χ1n) is 4.33. The molecule has 0 aliphatic rings. The van der Waals surface area contributed by atoms with E-state index in [0.29, 0.717) is 6.42 Å². The van der Waals surface area contributed by atoms with Crippen molar-refractivity contribution in [3.05, 3.63) is 0 Å². The molecule has 0 radical (unpaired) electrons. The molecule has 0 aromatic heterocycles. The van der Waals surface area contributed by atoms with Crippen LogP contribution < -0.4 is 0 Å². The largest absolute Gasteiger partial charge is 0.387 e. The molecule has 14 heavy (non-hydrogen) atoms. The molecule has 0 aliphatic carbocycles. The fraction of sp³-hybridized carbons (Fsp3) is 0.875. The molecule has 0 spiro atoms. The summed E-state index contributed by atoms with van der Waals surface area (Å²) in [7, 11) is 0. The molecule has 6 heteroatoms. The van der Waals surface area contributed by atoms with Crippen LogP contribution in [0.4, 0.5) is 0 Å². The summed E-state index contributed by atoms with van der Waals surface area (Å²) in [6.45, 7) is 2.01. The van der Waals surface area contributed by atoms with Gasteiger partial charge < -0.3 is 30.0 Å². The van der Waals surface area contributed by atoms with Crippen molar-refractivity contribution in [2.75, 3.05) is 6.61 Å². The van der Waals surface area contributed by atoms with E-state index in [4.69, 9.17) is 15.3 Å². The van der Waals surface area contributed by atoms with Crippen molar-refractivity contribution in [1.29, 1.82) is 0 Å². The Bertz CT molecular complexity index is 162. The molecule has 0 saturated carbocycles. The molecule has 0 saturated heterocycles. The summed E-state index contributed by atoms with van der Waals surface area (Å²) < 4.78 is 4.69. The van der Waals surface area contributed by atoms with Gasteiger partial charge in [0, 0.05) is 6.61 Å². The minimum absolute atomic E-state index is 0.0699. The number of carbonyl (C=O) groups is 1. The van der Waals surface area contributed by atoms with Crippen LogP contribution in [0.5, 0.6) is 0 Å². The maximum atomic E-state index is 10.0. The fourth-order valence-electron chi connectivity index (χ4n) is 0.788. The summed E-state index contributed by atoms with van der Waals surface area (Å²) in [6.07, 6.45) is -6.10. The Hall–Kier alpha value is -0.530. The second-order valence-corrected chi connectivity index (χ2v) is 2.87. The topological polar surface area (TPSA) is 107 Å². The number of aldehydes is 1. The molecule has 0 rings (SSSR count). The first kappa shape index (κ1) is 13.5. The van der Waals surface area contributed by atoms with Crippen molar-refractivity contribution >= 4 is 6.29 Å². The Morgan fingerprint density at radius 1 is 1.21 bits per heavy atom. The summed E-state index contributed by atoms with van der Waals surface area (Å²) >= 11 is 0. The number of ether oxygens (including phenoxy) is 1. The number of hydrogen-bond donors (Lipinski definition) is 4.